The van der Waals surface area contributed by atoms with E-state index in [0.29, 0.717) is 17.0 Å². The average molecular weight is 404 g/mol. The van der Waals surface area contributed by atoms with Gasteiger partial charge < -0.3 is 16.0 Å². The van der Waals surface area contributed by atoms with Crippen molar-refractivity contribution in [3.63, 3.8) is 0 Å². The van der Waals surface area contributed by atoms with E-state index in [2.05, 4.69) is 31.9 Å². The van der Waals surface area contributed by atoms with Gasteiger partial charge in [0.05, 0.1) is 11.6 Å². The van der Waals surface area contributed by atoms with E-state index in [0.717, 1.165) is 10.0 Å². The number of hydrogen-bond acceptors (Lipinski definition) is 2. The molecule has 3 amide bonds. The van der Waals surface area contributed by atoms with E-state index in [1.54, 1.807) is 6.92 Å². The fourth-order valence-corrected chi connectivity index (χ4v) is 3.18. The summed E-state index contributed by atoms with van der Waals surface area (Å²) in [6.07, 6.45) is 0. The SMILES string of the molecule is CC1=C(C(=O)Nc2ccc(F)cc2)[C@@H](c2ccccc2Br)NC(=O)N1. The second kappa shape index (κ2) is 7.06. The van der Waals surface area contributed by atoms with Gasteiger partial charge >= 0.3 is 6.03 Å². The zero-order valence-electron chi connectivity index (χ0n) is 13.3. The Kier molecular flexibility index (Phi) is 4.85. The maximum atomic E-state index is 13.0. The summed E-state index contributed by atoms with van der Waals surface area (Å²) in [4.78, 5) is 24.7. The minimum absolute atomic E-state index is 0.377. The number of halogens is 2. The van der Waals surface area contributed by atoms with Crippen LogP contribution in [0, 0.1) is 5.82 Å². The first kappa shape index (κ1) is 17.2. The molecule has 128 valence electrons. The molecule has 3 N–H and O–H groups in total. The van der Waals surface area contributed by atoms with E-state index >= 15 is 0 Å². The molecule has 0 spiro atoms. The highest BCUT2D eigenvalue weighted by Crippen LogP contribution is 2.32. The smallest absolute Gasteiger partial charge is 0.319 e. The molecule has 0 fully saturated rings. The maximum absolute atomic E-state index is 13.0. The molecule has 0 radical (unpaired) electrons. The maximum Gasteiger partial charge on any atom is 0.319 e. The van der Waals surface area contributed by atoms with Gasteiger partial charge in [-0.15, -0.1) is 0 Å². The van der Waals surface area contributed by atoms with Crippen LogP contribution in [0.15, 0.2) is 64.3 Å². The Labute approximate surface area is 152 Å². The molecule has 7 heteroatoms. The molecule has 0 unspecified atom stereocenters. The first-order valence-corrected chi connectivity index (χ1v) is 8.34. The van der Waals surface area contributed by atoms with E-state index in [1.165, 1.54) is 24.3 Å². The molecular weight excluding hydrogens is 389 g/mol. The van der Waals surface area contributed by atoms with Gasteiger partial charge in [0.15, 0.2) is 0 Å². The standard InChI is InChI=1S/C18H15BrFN3O2/c1-10-15(17(24)22-12-8-6-11(20)7-9-12)16(23-18(25)21-10)13-4-2-3-5-14(13)19/h2-9,16H,1H3,(H,22,24)(H2,21,23,25)/t16-/m1/s1. The van der Waals surface area contributed by atoms with Gasteiger partial charge in [0, 0.05) is 15.9 Å². The van der Waals surface area contributed by atoms with Crippen LogP contribution < -0.4 is 16.0 Å². The van der Waals surface area contributed by atoms with Crippen LogP contribution in [0.25, 0.3) is 0 Å². The molecule has 5 nitrogen and oxygen atoms in total. The summed E-state index contributed by atoms with van der Waals surface area (Å²) in [7, 11) is 0. The van der Waals surface area contributed by atoms with E-state index in [4.69, 9.17) is 0 Å². The molecule has 2 aromatic rings. The predicted molar refractivity (Wildman–Crippen MR) is 96.3 cm³/mol. The van der Waals surface area contributed by atoms with Gasteiger partial charge in [-0.25, -0.2) is 9.18 Å². The van der Waals surface area contributed by atoms with Crippen LogP contribution in [-0.4, -0.2) is 11.9 Å². The number of rotatable bonds is 3. The molecule has 1 aliphatic heterocycles. The monoisotopic (exact) mass is 403 g/mol. The lowest BCUT2D eigenvalue weighted by Crippen LogP contribution is -2.46. The first-order valence-electron chi connectivity index (χ1n) is 7.55. The number of hydrogen-bond donors (Lipinski definition) is 3. The summed E-state index contributed by atoms with van der Waals surface area (Å²) < 4.78 is 13.8. The molecule has 1 heterocycles. The van der Waals surface area contributed by atoms with Crippen LogP contribution in [0.5, 0.6) is 0 Å². The van der Waals surface area contributed by atoms with Crippen LogP contribution in [0.1, 0.15) is 18.5 Å². The van der Waals surface area contributed by atoms with Crippen molar-refractivity contribution in [1.29, 1.82) is 0 Å². The molecule has 0 aliphatic carbocycles. The number of amides is 3. The van der Waals surface area contributed by atoms with Crippen molar-refractivity contribution in [2.75, 3.05) is 5.32 Å². The number of urea groups is 1. The number of benzene rings is 2. The summed E-state index contributed by atoms with van der Waals surface area (Å²) in [6, 6.07) is 11.9. The fraction of sp³-hybridized carbons (Fsp3) is 0.111. The summed E-state index contributed by atoms with van der Waals surface area (Å²) in [5, 5.41) is 8.12. The largest absolute Gasteiger partial charge is 0.327 e. The van der Waals surface area contributed by atoms with Crippen molar-refractivity contribution in [2.45, 2.75) is 13.0 Å². The lowest BCUT2D eigenvalue weighted by atomic mass is 9.95. The van der Waals surface area contributed by atoms with E-state index in [9.17, 15) is 14.0 Å². The lowest BCUT2D eigenvalue weighted by Gasteiger charge is -2.29. The van der Waals surface area contributed by atoms with E-state index in [-0.39, 0.29) is 17.8 Å². The van der Waals surface area contributed by atoms with Crippen molar-refractivity contribution in [3.05, 3.63) is 75.7 Å². The number of allylic oxidation sites excluding steroid dienone is 1. The van der Waals surface area contributed by atoms with Crippen molar-refractivity contribution in [2.24, 2.45) is 0 Å². The minimum Gasteiger partial charge on any atom is -0.327 e. The number of nitrogens with one attached hydrogen (secondary N) is 3. The summed E-state index contributed by atoms with van der Waals surface area (Å²) in [6.45, 7) is 1.67. The van der Waals surface area contributed by atoms with Crippen LogP contribution in [-0.2, 0) is 4.79 Å². The summed E-state index contributed by atoms with van der Waals surface area (Å²) in [5.41, 5.74) is 2.08. The zero-order valence-corrected chi connectivity index (χ0v) is 14.9. The Morgan fingerprint density at radius 3 is 2.52 bits per heavy atom. The van der Waals surface area contributed by atoms with E-state index < -0.39 is 6.04 Å². The van der Waals surface area contributed by atoms with Crippen molar-refractivity contribution in [1.82, 2.24) is 10.6 Å². The predicted octanol–water partition coefficient (Wildman–Crippen LogP) is 3.85. The third kappa shape index (κ3) is 3.71. The second-order valence-electron chi connectivity index (χ2n) is 5.55. The molecule has 2 aromatic carbocycles. The van der Waals surface area contributed by atoms with Gasteiger partial charge in [-0.1, -0.05) is 34.1 Å². The second-order valence-corrected chi connectivity index (χ2v) is 6.41. The van der Waals surface area contributed by atoms with Gasteiger partial charge in [0.25, 0.3) is 5.91 Å². The van der Waals surface area contributed by atoms with Gasteiger partial charge in [-0.2, -0.15) is 0 Å². The number of anilines is 1. The van der Waals surface area contributed by atoms with Crippen LogP contribution in [0.3, 0.4) is 0 Å². The molecule has 3 rings (SSSR count). The summed E-state index contributed by atoms with van der Waals surface area (Å²) >= 11 is 3.46. The van der Waals surface area contributed by atoms with Crippen LogP contribution >= 0.6 is 15.9 Å². The number of carbonyl (C=O) groups excluding carboxylic acids is 2. The normalized spacial score (nSPS) is 16.9. The van der Waals surface area contributed by atoms with E-state index in [1.807, 2.05) is 24.3 Å². The molecule has 0 aromatic heterocycles. The number of carbonyl (C=O) groups is 2. The highest BCUT2D eigenvalue weighted by atomic mass is 79.9. The molecule has 0 bridgehead atoms. The van der Waals surface area contributed by atoms with Crippen LogP contribution in [0.4, 0.5) is 14.9 Å². The molecular formula is C18H15BrFN3O2. The molecule has 0 saturated heterocycles. The Bertz CT molecular complexity index is 865. The fourth-order valence-electron chi connectivity index (χ4n) is 2.67. The Balaban J connectivity index is 1.96. The van der Waals surface area contributed by atoms with Gasteiger partial charge in [-0.3, -0.25) is 4.79 Å². The van der Waals surface area contributed by atoms with Gasteiger partial charge in [-0.05, 0) is 42.8 Å². The lowest BCUT2D eigenvalue weighted by molar-refractivity contribution is -0.113. The Hall–Kier alpha value is -2.67. The molecule has 1 aliphatic rings. The topological polar surface area (TPSA) is 70.2 Å². The molecule has 25 heavy (non-hydrogen) atoms. The van der Waals surface area contributed by atoms with Gasteiger partial charge in [0.2, 0.25) is 0 Å². The molecule has 0 saturated carbocycles. The summed E-state index contributed by atoms with van der Waals surface area (Å²) in [5.74, 6) is -0.761. The highest BCUT2D eigenvalue weighted by molar-refractivity contribution is 9.10. The highest BCUT2D eigenvalue weighted by Gasteiger charge is 2.32. The quantitative estimate of drug-likeness (QED) is 0.728. The Morgan fingerprint density at radius 1 is 1.16 bits per heavy atom. The average Bonchev–Trinajstić information content (AvgIpc) is 2.56. The third-order valence-electron chi connectivity index (χ3n) is 3.83. The van der Waals surface area contributed by atoms with Crippen molar-refractivity contribution >= 4 is 33.6 Å². The zero-order chi connectivity index (χ0) is 18.0. The molecule has 1 atom stereocenters. The van der Waals surface area contributed by atoms with Crippen molar-refractivity contribution in [3.8, 4) is 0 Å². The Morgan fingerprint density at radius 2 is 1.84 bits per heavy atom. The van der Waals surface area contributed by atoms with Gasteiger partial charge in [0.1, 0.15) is 5.82 Å². The third-order valence-corrected chi connectivity index (χ3v) is 4.55. The van der Waals surface area contributed by atoms with Crippen molar-refractivity contribution < 1.29 is 14.0 Å². The first-order chi connectivity index (χ1) is 12.0. The van der Waals surface area contributed by atoms with Crippen LogP contribution in [0.2, 0.25) is 0 Å². The minimum atomic E-state index is -0.607.